The van der Waals surface area contributed by atoms with Gasteiger partial charge in [0.05, 0.1) is 10.8 Å². The zero-order chi connectivity index (χ0) is 37.5. The van der Waals surface area contributed by atoms with Crippen LogP contribution in [0.1, 0.15) is 67.1 Å². The number of hydrogen-bond donors (Lipinski definition) is 3. The van der Waals surface area contributed by atoms with E-state index in [-0.39, 0.29) is 59.2 Å². The number of aromatic hydroxyl groups is 2. The van der Waals surface area contributed by atoms with E-state index in [1.807, 2.05) is 0 Å². The third kappa shape index (κ3) is 9.36. The Labute approximate surface area is 299 Å². The first-order chi connectivity index (χ1) is 24.8. The first kappa shape index (κ1) is 37.6. The van der Waals surface area contributed by atoms with E-state index in [2.05, 4.69) is 32.3 Å². The lowest BCUT2D eigenvalue weighted by Crippen LogP contribution is -2.53. The summed E-state index contributed by atoms with van der Waals surface area (Å²) in [6.45, 7) is 9.56. The molecular weight excluding hydrogens is 671 g/mol. The molecule has 0 spiro atoms. The van der Waals surface area contributed by atoms with Gasteiger partial charge in [-0.05, 0) is 108 Å². The van der Waals surface area contributed by atoms with Crippen molar-refractivity contribution in [1.82, 2.24) is 9.55 Å². The number of rotatable bonds is 12. The molecule has 3 unspecified atom stereocenters. The molecule has 0 aliphatic heterocycles. The molecule has 3 aromatic carbocycles. The quantitative estimate of drug-likeness (QED) is 0.144. The van der Waals surface area contributed by atoms with E-state index in [1.54, 1.807) is 18.2 Å². The lowest BCUT2D eigenvalue weighted by atomic mass is 9.75. The molecule has 11 nitrogen and oxygen atoms in total. The van der Waals surface area contributed by atoms with E-state index >= 15 is 0 Å². The van der Waals surface area contributed by atoms with Crippen molar-refractivity contribution in [2.45, 2.75) is 65.7 Å². The van der Waals surface area contributed by atoms with Crippen molar-refractivity contribution in [3.63, 3.8) is 0 Å². The lowest BCUT2D eigenvalue weighted by molar-refractivity contribution is -0.159. The standard InChI is InChI=1S/C40H43FN2O9/c1-23(2)32-13-5-24(3)17-36(32)52-37(46)22-51-39(48)28-8-11-31(12-9-28)50-21-29-20-30(41)10-7-27(29)15-16-43-38(47)33(25(4)42-40(43)49)18-26-6-14-34(44)35(45)19-26/h6-12,14,18-20,23-24,32,36,44-45H,4-5,13,15-17,21-22H2,1-3H3,(H,42,49)/b33-18-. The molecule has 1 saturated carbocycles. The number of aryl methyl sites for hydroxylation is 1. The number of hydrogen-bond acceptors (Lipinski definition) is 9. The van der Waals surface area contributed by atoms with E-state index < -0.39 is 35.6 Å². The molecular formula is C40H43FN2O9. The van der Waals surface area contributed by atoms with Gasteiger partial charge in [0.25, 0.3) is 5.56 Å². The number of phenolic OH excluding ortho intramolecular Hbond substituents is 2. The first-order valence-corrected chi connectivity index (χ1v) is 17.2. The summed E-state index contributed by atoms with van der Waals surface area (Å²) in [7, 11) is 0. The van der Waals surface area contributed by atoms with Crippen molar-refractivity contribution >= 4 is 24.6 Å². The molecule has 0 saturated heterocycles. The third-order valence-electron chi connectivity index (χ3n) is 9.44. The number of carbonyl (C=O) groups excluding carboxylic acids is 2. The number of benzene rings is 3. The van der Waals surface area contributed by atoms with Gasteiger partial charge in [0.1, 0.15) is 24.3 Å². The number of halogens is 1. The van der Waals surface area contributed by atoms with Crippen LogP contribution >= 0.6 is 0 Å². The number of carbonyl (C=O) groups is 2. The number of nitrogens with one attached hydrogen (secondary N) is 1. The van der Waals surface area contributed by atoms with Gasteiger partial charge in [0.2, 0.25) is 0 Å². The highest BCUT2D eigenvalue weighted by molar-refractivity contribution is 5.90. The van der Waals surface area contributed by atoms with Crippen LogP contribution in [0.15, 0.2) is 70.3 Å². The fourth-order valence-electron chi connectivity index (χ4n) is 6.49. The first-order valence-electron chi connectivity index (χ1n) is 17.2. The Balaban J connectivity index is 1.20. The van der Waals surface area contributed by atoms with Crippen LogP contribution in [-0.4, -0.2) is 44.4 Å². The van der Waals surface area contributed by atoms with E-state index in [1.165, 1.54) is 48.5 Å². The van der Waals surface area contributed by atoms with Crippen LogP contribution in [0, 0.1) is 23.6 Å². The summed E-state index contributed by atoms with van der Waals surface area (Å²) >= 11 is 0. The topological polar surface area (TPSA) is 157 Å². The number of aromatic amines is 1. The van der Waals surface area contributed by atoms with Gasteiger partial charge < -0.3 is 29.4 Å². The Morgan fingerprint density at radius 1 is 1.02 bits per heavy atom. The molecule has 1 aliphatic carbocycles. The molecule has 0 radical (unpaired) electrons. The third-order valence-corrected chi connectivity index (χ3v) is 9.44. The molecule has 5 rings (SSSR count). The molecule has 4 aromatic rings. The van der Waals surface area contributed by atoms with Crippen LogP contribution < -0.4 is 26.6 Å². The Morgan fingerprint density at radius 2 is 1.77 bits per heavy atom. The zero-order valence-corrected chi connectivity index (χ0v) is 29.4. The maximum Gasteiger partial charge on any atom is 0.344 e. The van der Waals surface area contributed by atoms with Crippen molar-refractivity contribution in [2.24, 2.45) is 17.8 Å². The van der Waals surface area contributed by atoms with Gasteiger partial charge in [-0.15, -0.1) is 0 Å². The maximum absolute atomic E-state index is 14.3. The average molecular weight is 715 g/mol. The molecule has 12 heteroatoms. The number of aromatic nitrogens is 2. The van der Waals surface area contributed by atoms with Crippen molar-refractivity contribution in [1.29, 1.82) is 0 Å². The minimum absolute atomic E-state index is 0.0445. The summed E-state index contributed by atoms with van der Waals surface area (Å²) in [5.74, 6) is -0.943. The molecule has 3 atom stereocenters. The predicted molar refractivity (Wildman–Crippen MR) is 192 cm³/mol. The molecule has 1 aromatic heterocycles. The summed E-state index contributed by atoms with van der Waals surface area (Å²) in [5, 5.41) is 19.6. The van der Waals surface area contributed by atoms with E-state index in [4.69, 9.17) is 14.2 Å². The van der Waals surface area contributed by atoms with E-state index in [9.17, 15) is 33.8 Å². The van der Waals surface area contributed by atoms with Crippen LogP contribution in [0.2, 0.25) is 0 Å². The fraction of sp³-hybridized carbons (Fsp3) is 0.350. The number of esters is 2. The molecule has 0 amide bonds. The number of ether oxygens (including phenoxy) is 3. The minimum atomic E-state index is -0.688. The summed E-state index contributed by atoms with van der Waals surface area (Å²) in [6.07, 6.45) is 4.32. The normalized spacial score (nSPS) is 17.6. The van der Waals surface area contributed by atoms with Crippen molar-refractivity contribution in [3.8, 4) is 17.2 Å². The second kappa shape index (κ2) is 16.6. The van der Waals surface area contributed by atoms with Gasteiger partial charge in [-0.3, -0.25) is 9.36 Å². The summed E-state index contributed by atoms with van der Waals surface area (Å²) in [4.78, 5) is 53.8. The summed E-state index contributed by atoms with van der Waals surface area (Å²) < 4.78 is 32.1. The average Bonchev–Trinajstić information content (AvgIpc) is 3.10. The van der Waals surface area contributed by atoms with Crippen LogP contribution in [0.3, 0.4) is 0 Å². The zero-order valence-electron chi connectivity index (χ0n) is 29.4. The number of H-pyrrole nitrogens is 1. The number of phenols is 2. The monoisotopic (exact) mass is 714 g/mol. The maximum atomic E-state index is 14.3. The van der Waals surface area contributed by atoms with Gasteiger partial charge in [-0.2, -0.15) is 0 Å². The van der Waals surface area contributed by atoms with Gasteiger partial charge in [-0.1, -0.05) is 45.9 Å². The SMILES string of the molecule is C=c1[nH]c(=O)n(CCc2ccc(F)cc2COc2ccc(C(=O)OCC(=O)OC3CC(C)CCC3C(C)C)cc2)c(=O)/c1=C\c1ccc(O)c(O)c1. The van der Waals surface area contributed by atoms with E-state index in [0.29, 0.717) is 34.3 Å². The van der Waals surface area contributed by atoms with Gasteiger partial charge >= 0.3 is 17.6 Å². The fourth-order valence-corrected chi connectivity index (χ4v) is 6.49. The Hall–Kier alpha value is -5.65. The van der Waals surface area contributed by atoms with Crippen LogP contribution in [0.5, 0.6) is 17.2 Å². The summed E-state index contributed by atoms with van der Waals surface area (Å²) in [6, 6.07) is 14.3. The second-order valence-corrected chi connectivity index (χ2v) is 13.6. The van der Waals surface area contributed by atoms with Gasteiger partial charge in [-0.25, -0.2) is 18.8 Å². The van der Waals surface area contributed by atoms with Gasteiger partial charge in [0, 0.05) is 11.9 Å². The molecule has 274 valence electrons. The summed E-state index contributed by atoms with van der Waals surface area (Å²) in [5.41, 5.74) is 0.447. The van der Waals surface area contributed by atoms with Crippen LogP contribution in [0.4, 0.5) is 4.39 Å². The molecule has 52 heavy (non-hydrogen) atoms. The molecule has 1 fully saturated rings. The number of nitrogens with zero attached hydrogens (tertiary/aromatic N) is 1. The lowest BCUT2D eigenvalue weighted by Gasteiger charge is -2.36. The highest BCUT2D eigenvalue weighted by atomic mass is 19.1. The Kier molecular flexibility index (Phi) is 12.0. The molecule has 0 bridgehead atoms. The molecule has 3 N–H and O–H groups in total. The van der Waals surface area contributed by atoms with E-state index in [0.717, 1.165) is 23.8 Å². The van der Waals surface area contributed by atoms with Crippen molar-refractivity contribution < 1.29 is 38.4 Å². The Bertz CT molecular complexity index is 2160. The van der Waals surface area contributed by atoms with Crippen LogP contribution in [-0.2, 0) is 33.8 Å². The van der Waals surface area contributed by atoms with Crippen molar-refractivity contribution in [3.05, 3.63) is 120 Å². The van der Waals surface area contributed by atoms with Crippen molar-refractivity contribution in [2.75, 3.05) is 6.61 Å². The van der Waals surface area contributed by atoms with Gasteiger partial charge in [0.15, 0.2) is 18.1 Å². The van der Waals surface area contributed by atoms with Crippen LogP contribution in [0.25, 0.3) is 12.7 Å². The second-order valence-electron chi connectivity index (χ2n) is 13.6. The molecule has 1 heterocycles. The molecule has 1 aliphatic rings. The highest BCUT2D eigenvalue weighted by Gasteiger charge is 2.33. The highest BCUT2D eigenvalue weighted by Crippen LogP contribution is 2.35. The largest absolute Gasteiger partial charge is 0.504 e. The Morgan fingerprint density at radius 3 is 2.48 bits per heavy atom. The smallest absolute Gasteiger partial charge is 0.344 e. The minimum Gasteiger partial charge on any atom is -0.504 e. The predicted octanol–water partition coefficient (Wildman–Crippen LogP) is 4.31.